The largest absolute Gasteiger partial charge is 0.461 e. The smallest absolute Gasteiger partial charge is 0.387 e. The third-order valence-electron chi connectivity index (χ3n) is 4.89. The van der Waals surface area contributed by atoms with Crippen LogP contribution < -0.4 is 14.8 Å². The zero-order valence-electron chi connectivity index (χ0n) is 17.1. The lowest BCUT2D eigenvalue weighted by molar-refractivity contribution is -0.115. The van der Waals surface area contributed by atoms with Crippen molar-refractivity contribution in [1.82, 2.24) is 10.2 Å². The first-order valence-electron chi connectivity index (χ1n) is 10.0. The van der Waals surface area contributed by atoms with Crippen molar-refractivity contribution in [1.29, 1.82) is 0 Å². The van der Waals surface area contributed by atoms with Crippen LogP contribution in [0.15, 0.2) is 42.6 Å². The number of halogens is 4. The van der Waals surface area contributed by atoms with Crippen LogP contribution in [-0.4, -0.2) is 35.6 Å². The van der Waals surface area contributed by atoms with Gasteiger partial charge >= 0.3 is 6.61 Å². The van der Waals surface area contributed by atoms with E-state index in [0.717, 1.165) is 12.5 Å². The second kappa shape index (κ2) is 9.90. The van der Waals surface area contributed by atoms with Crippen molar-refractivity contribution in [3.8, 4) is 22.8 Å². The van der Waals surface area contributed by atoms with E-state index in [1.165, 1.54) is 36.5 Å². The van der Waals surface area contributed by atoms with Crippen molar-refractivity contribution in [2.24, 2.45) is 0 Å². The molecular formula is C22H19F4N3O4. The van der Waals surface area contributed by atoms with E-state index in [1.54, 1.807) is 0 Å². The maximum atomic E-state index is 13.8. The minimum absolute atomic E-state index is 0.0477. The summed E-state index contributed by atoms with van der Waals surface area (Å²) in [5, 5.41) is 9.01. The van der Waals surface area contributed by atoms with E-state index in [-0.39, 0.29) is 23.6 Å². The number of nitrogens with one attached hydrogen (secondary N) is 2. The predicted molar refractivity (Wildman–Crippen MR) is 109 cm³/mol. The van der Waals surface area contributed by atoms with Gasteiger partial charge in [0.2, 0.25) is 5.91 Å². The summed E-state index contributed by atoms with van der Waals surface area (Å²) < 4.78 is 68.5. The number of H-pyrrole nitrogens is 1. The minimum Gasteiger partial charge on any atom is -0.461 e. The quantitative estimate of drug-likeness (QED) is 0.473. The summed E-state index contributed by atoms with van der Waals surface area (Å²) in [7, 11) is 0. The van der Waals surface area contributed by atoms with Crippen LogP contribution in [0.3, 0.4) is 0 Å². The van der Waals surface area contributed by atoms with E-state index >= 15 is 0 Å². The number of carbonyl (C=O) groups excluding carboxylic acids is 1. The Bertz CT molecular complexity index is 1130. The fourth-order valence-corrected chi connectivity index (χ4v) is 3.39. The fourth-order valence-electron chi connectivity index (χ4n) is 3.39. The Labute approximate surface area is 185 Å². The Balaban J connectivity index is 1.55. The van der Waals surface area contributed by atoms with Crippen LogP contribution in [0.4, 0.5) is 23.2 Å². The maximum absolute atomic E-state index is 13.8. The Hall–Kier alpha value is -3.60. The second-order valence-electron chi connectivity index (χ2n) is 7.20. The number of carbonyl (C=O) groups is 1. The van der Waals surface area contributed by atoms with Crippen molar-refractivity contribution in [2.45, 2.75) is 32.2 Å². The van der Waals surface area contributed by atoms with E-state index in [9.17, 15) is 22.4 Å². The second-order valence-corrected chi connectivity index (χ2v) is 7.20. The van der Waals surface area contributed by atoms with Crippen LogP contribution in [-0.2, 0) is 16.0 Å². The molecule has 1 fully saturated rings. The molecule has 0 saturated carbocycles. The molecule has 33 heavy (non-hydrogen) atoms. The summed E-state index contributed by atoms with van der Waals surface area (Å²) in [5.74, 6) is -2.96. The van der Waals surface area contributed by atoms with Crippen LogP contribution in [0.1, 0.15) is 18.4 Å². The summed E-state index contributed by atoms with van der Waals surface area (Å²) in [6.07, 6.45) is 1.99. The number of rotatable bonds is 8. The van der Waals surface area contributed by atoms with Crippen LogP contribution >= 0.6 is 0 Å². The lowest BCUT2D eigenvalue weighted by Crippen LogP contribution is -2.16. The molecule has 174 valence electrons. The summed E-state index contributed by atoms with van der Waals surface area (Å²) in [6, 6.07) is 7.75. The van der Waals surface area contributed by atoms with Gasteiger partial charge < -0.3 is 19.5 Å². The van der Waals surface area contributed by atoms with Gasteiger partial charge in [0, 0.05) is 17.5 Å². The number of benzene rings is 2. The van der Waals surface area contributed by atoms with E-state index in [4.69, 9.17) is 9.47 Å². The average molecular weight is 465 g/mol. The van der Waals surface area contributed by atoms with Gasteiger partial charge in [-0.15, -0.1) is 0 Å². The van der Waals surface area contributed by atoms with Gasteiger partial charge in [-0.25, -0.2) is 8.78 Å². The van der Waals surface area contributed by atoms with E-state index in [1.807, 2.05) is 0 Å². The fraction of sp³-hybridized carbons (Fsp3) is 0.273. The molecule has 4 rings (SSSR count). The third kappa shape index (κ3) is 5.43. The monoisotopic (exact) mass is 465 g/mol. The first-order valence-corrected chi connectivity index (χ1v) is 10.0. The molecule has 7 nitrogen and oxygen atoms in total. The molecule has 1 aromatic heterocycles. The van der Waals surface area contributed by atoms with Gasteiger partial charge in [0.05, 0.1) is 30.6 Å². The third-order valence-corrected chi connectivity index (χ3v) is 4.89. The van der Waals surface area contributed by atoms with Crippen LogP contribution in [0.2, 0.25) is 0 Å². The molecule has 0 radical (unpaired) electrons. The Morgan fingerprint density at radius 1 is 1.24 bits per heavy atom. The highest BCUT2D eigenvalue weighted by Crippen LogP contribution is 2.36. The van der Waals surface area contributed by atoms with Crippen LogP contribution in [0.25, 0.3) is 11.3 Å². The Morgan fingerprint density at radius 3 is 2.85 bits per heavy atom. The van der Waals surface area contributed by atoms with Gasteiger partial charge in [-0.1, -0.05) is 6.07 Å². The van der Waals surface area contributed by atoms with E-state index in [0.29, 0.717) is 29.8 Å². The number of amides is 1. The number of hydrogen-bond acceptors (Lipinski definition) is 5. The molecule has 3 aromatic rings. The number of alkyl halides is 2. The van der Waals surface area contributed by atoms with Gasteiger partial charge in [0.1, 0.15) is 0 Å². The topological polar surface area (TPSA) is 85.5 Å². The molecule has 0 bridgehead atoms. The van der Waals surface area contributed by atoms with Crippen molar-refractivity contribution in [2.75, 3.05) is 11.9 Å². The van der Waals surface area contributed by atoms with Crippen molar-refractivity contribution >= 4 is 11.6 Å². The summed E-state index contributed by atoms with van der Waals surface area (Å²) in [6.45, 7) is -2.54. The molecule has 2 heterocycles. The zero-order valence-corrected chi connectivity index (χ0v) is 17.1. The minimum atomic E-state index is -3.04. The molecule has 1 aliphatic rings. The van der Waals surface area contributed by atoms with Gasteiger partial charge in [0.15, 0.2) is 29.4 Å². The lowest BCUT2D eigenvalue weighted by atomic mass is 10.0. The molecule has 1 saturated heterocycles. The molecule has 11 heteroatoms. The number of anilines is 1. The molecule has 2 N–H and O–H groups in total. The highest BCUT2D eigenvalue weighted by Gasteiger charge is 2.22. The summed E-state index contributed by atoms with van der Waals surface area (Å²) >= 11 is 0. The molecule has 1 aliphatic heterocycles. The highest BCUT2D eigenvalue weighted by atomic mass is 19.3. The molecule has 1 amide bonds. The predicted octanol–water partition coefficient (Wildman–Crippen LogP) is 4.65. The standard InChI is InChI=1S/C22H19F4N3O4/c23-14-3-1-4-15(20(14)24)28-18(30)10-13-11-27-29-21(13)12-6-7-16(33-22(25)26)17(9-12)32-19-5-2-8-31-19/h1,3-4,6-7,9,11,19,22H,2,5,8,10H2,(H,27,29)(H,28,30). The Kier molecular flexibility index (Phi) is 6.78. The van der Waals surface area contributed by atoms with Gasteiger partial charge in [-0.2, -0.15) is 13.9 Å². The SMILES string of the molecule is O=C(Cc1cn[nH]c1-c1ccc(OC(F)F)c(OC2CCCO2)c1)Nc1cccc(F)c1F. The molecule has 0 aliphatic carbocycles. The van der Waals surface area contributed by atoms with E-state index in [2.05, 4.69) is 20.3 Å². The molecular weight excluding hydrogens is 446 g/mol. The van der Waals surface area contributed by atoms with Crippen molar-refractivity contribution < 1.29 is 36.6 Å². The normalized spacial score (nSPS) is 15.6. The van der Waals surface area contributed by atoms with Crippen molar-refractivity contribution in [3.63, 3.8) is 0 Å². The molecule has 2 aromatic carbocycles. The molecule has 1 atom stereocenters. The lowest BCUT2D eigenvalue weighted by Gasteiger charge is -2.17. The number of aromatic amines is 1. The zero-order chi connectivity index (χ0) is 23.4. The first kappa shape index (κ1) is 22.6. The van der Waals surface area contributed by atoms with Crippen LogP contribution in [0.5, 0.6) is 11.5 Å². The average Bonchev–Trinajstić information content (AvgIpc) is 3.44. The summed E-state index contributed by atoms with van der Waals surface area (Å²) in [4.78, 5) is 12.4. The number of aromatic nitrogens is 2. The summed E-state index contributed by atoms with van der Waals surface area (Å²) in [5.41, 5.74) is 1.06. The molecule has 0 spiro atoms. The van der Waals surface area contributed by atoms with Crippen LogP contribution in [0, 0.1) is 11.6 Å². The number of nitrogens with zero attached hydrogens (tertiary/aromatic N) is 1. The van der Waals surface area contributed by atoms with Gasteiger partial charge in [-0.3, -0.25) is 9.89 Å². The Morgan fingerprint density at radius 2 is 2.09 bits per heavy atom. The van der Waals surface area contributed by atoms with Gasteiger partial charge in [-0.05, 0) is 36.8 Å². The first-order chi connectivity index (χ1) is 15.9. The maximum Gasteiger partial charge on any atom is 0.387 e. The van der Waals surface area contributed by atoms with Gasteiger partial charge in [0.25, 0.3) is 0 Å². The van der Waals surface area contributed by atoms with E-state index < -0.39 is 30.4 Å². The molecule has 1 unspecified atom stereocenters. The van der Waals surface area contributed by atoms with Crippen molar-refractivity contribution in [3.05, 3.63) is 59.8 Å². The highest BCUT2D eigenvalue weighted by molar-refractivity contribution is 5.93. The number of ether oxygens (including phenoxy) is 3. The number of hydrogen-bond donors (Lipinski definition) is 2.